The first-order valence-corrected chi connectivity index (χ1v) is 10.6. The number of thiazole rings is 1. The molecule has 0 fully saturated rings. The van der Waals surface area contributed by atoms with Crippen molar-refractivity contribution in [2.45, 2.75) is 46.1 Å². The highest BCUT2D eigenvalue weighted by molar-refractivity contribution is 7.16. The average Bonchev–Trinajstić information content (AvgIpc) is 3.03. The van der Waals surface area contributed by atoms with Crippen molar-refractivity contribution in [3.8, 4) is 18.1 Å². The summed E-state index contributed by atoms with van der Waals surface area (Å²) in [6, 6.07) is 12.2. The summed E-state index contributed by atoms with van der Waals surface area (Å²) < 4.78 is 8.34. The van der Waals surface area contributed by atoms with E-state index in [0.717, 1.165) is 39.9 Å². The standard InChI is InChI=1S/C24H26N2O2S/c1-5-7-8-18-9-11-20-22(15-18)29-24(26(20)13-6-2)25-23(27)16-19-10-12-21(28-4)17(3)14-19/h2,9-12,14-15H,5,7-8,13,16H2,1,3-4H3. The van der Waals surface area contributed by atoms with E-state index in [1.807, 2.05) is 29.7 Å². The van der Waals surface area contributed by atoms with Crippen LogP contribution in [0, 0.1) is 19.3 Å². The van der Waals surface area contributed by atoms with Crippen LogP contribution in [-0.2, 0) is 24.2 Å². The minimum Gasteiger partial charge on any atom is -0.496 e. The van der Waals surface area contributed by atoms with E-state index in [1.165, 1.54) is 23.3 Å². The molecular weight excluding hydrogens is 380 g/mol. The number of carbonyl (C=O) groups excluding carboxylic acids is 1. The number of unbranched alkanes of at least 4 members (excludes halogenated alkanes) is 1. The van der Waals surface area contributed by atoms with Gasteiger partial charge in [0.1, 0.15) is 5.75 Å². The Balaban J connectivity index is 1.93. The van der Waals surface area contributed by atoms with Crippen LogP contribution >= 0.6 is 11.3 Å². The summed E-state index contributed by atoms with van der Waals surface area (Å²) in [5.74, 6) is 3.31. The number of amides is 1. The molecule has 29 heavy (non-hydrogen) atoms. The fourth-order valence-corrected chi connectivity index (χ4v) is 4.47. The lowest BCUT2D eigenvalue weighted by Crippen LogP contribution is -2.17. The van der Waals surface area contributed by atoms with Crippen molar-refractivity contribution in [3.63, 3.8) is 0 Å². The molecule has 3 aromatic rings. The minimum absolute atomic E-state index is 0.182. The van der Waals surface area contributed by atoms with Gasteiger partial charge in [-0.15, -0.1) is 6.42 Å². The minimum atomic E-state index is -0.182. The molecule has 3 rings (SSSR count). The zero-order valence-corrected chi connectivity index (χ0v) is 18.0. The maximum atomic E-state index is 12.6. The predicted molar refractivity (Wildman–Crippen MR) is 119 cm³/mol. The SMILES string of the molecule is C#CCn1c(=NC(=O)Cc2ccc(OC)c(C)c2)sc2cc(CCCC)ccc21. The van der Waals surface area contributed by atoms with Crippen LogP contribution in [0.4, 0.5) is 0 Å². The van der Waals surface area contributed by atoms with Crippen LogP contribution in [0.1, 0.15) is 36.5 Å². The first kappa shape index (κ1) is 20.9. The van der Waals surface area contributed by atoms with Crippen LogP contribution in [0.2, 0.25) is 0 Å². The molecule has 1 amide bonds. The number of aromatic nitrogens is 1. The first-order valence-electron chi connectivity index (χ1n) is 9.82. The Bertz CT molecular complexity index is 1130. The number of ether oxygens (including phenoxy) is 1. The number of hydrogen-bond acceptors (Lipinski definition) is 3. The molecule has 0 unspecified atom stereocenters. The Morgan fingerprint density at radius 1 is 1.24 bits per heavy atom. The van der Waals surface area contributed by atoms with Gasteiger partial charge < -0.3 is 9.30 Å². The summed E-state index contributed by atoms with van der Waals surface area (Å²) in [7, 11) is 1.64. The second-order valence-corrected chi connectivity index (χ2v) is 8.08. The van der Waals surface area contributed by atoms with Crippen molar-refractivity contribution < 1.29 is 9.53 Å². The second kappa shape index (κ2) is 9.58. The lowest BCUT2D eigenvalue weighted by atomic mass is 10.1. The molecule has 150 valence electrons. The number of fused-ring (bicyclic) bond motifs is 1. The van der Waals surface area contributed by atoms with Crippen molar-refractivity contribution in [1.82, 2.24) is 4.57 Å². The molecule has 0 saturated heterocycles. The van der Waals surface area contributed by atoms with Gasteiger partial charge in [0.2, 0.25) is 0 Å². The number of nitrogens with zero attached hydrogens (tertiary/aromatic N) is 2. The number of terminal acetylenes is 1. The van der Waals surface area contributed by atoms with E-state index in [1.54, 1.807) is 7.11 Å². The van der Waals surface area contributed by atoms with Gasteiger partial charge in [0, 0.05) is 0 Å². The quantitative estimate of drug-likeness (QED) is 0.536. The number of hydrogen-bond donors (Lipinski definition) is 0. The molecule has 0 radical (unpaired) electrons. The maximum absolute atomic E-state index is 12.6. The third-order valence-electron chi connectivity index (χ3n) is 4.85. The number of benzene rings is 2. The fourth-order valence-electron chi connectivity index (χ4n) is 3.35. The van der Waals surface area contributed by atoms with Crippen molar-refractivity contribution in [1.29, 1.82) is 0 Å². The Kier molecular flexibility index (Phi) is 6.90. The van der Waals surface area contributed by atoms with E-state index in [9.17, 15) is 4.79 Å². The van der Waals surface area contributed by atoms with Gasteiger partial charge in [-0.2, -0.15) is 4.99 Å². The summed E-state index contributed by atoms with van der Waals surface area (Å²) >= 11 is 1.52. The lowest BCUT2D eigenvalue weighted by molar-refractivity contribution is -0.117. The maximum Gasteiger partial charge on any atom is 0.252 e. The highest BCUT2D eigenvalue weighted by Gasteiger charge is 2.10. The predicted octanol–water partition coefficient (Wildman–Crippen LogP) is 4.67. The molecule has 5 heteroatoms. The molecule has 4 nitrogen and oxygen atoms in total. The van der Waals surface area contributed by atoms with E-state index in [2.05, 4.69) is 36.0 Å². The van der Waals surface area contributed by atoms with E-state index in [0.29, 0.717) is 11.3 Å². The third-order valence-corrected chi connectivity index (χ3v) is 5.89. The topological polar surface area (TPSA) is 43.6 Å². The van der Waals surface area contributed by atoms with Crippen LogP contribution in [0.5, 0.6) is 5.75 Å². The molecule has 0 saturated carbocycles. The van der Waals surface area contributed by atoms with E-state index in [4.69, 9.17) is 11.2 Å². The summed E-state index contributed by atoms with van der Waals surface area (Å²) in [6.07, 6.45) is 9.20. The number of carbonyl (C=O) groups is 1. The second-order valence-electron chi connectivity index (χ2n) is 7.07. The lowest BCUT2D eigenvalue weighted by Gasteiger charge is -2.06. The van der Waals surface area contributed by atoms with Crippen LogP contribution in [0.15, 0.2) is 41.4 Å². The van der Waals surface area contributed by atoms with Crippen molar-refractivity contribution >= 4 is 27.5 Å². The summed E-state index contributed by atoms with van der Waals surface area (Å²) in [5.41, 5.74) is 4.25. The van der Waals surface area contributed by atoms with Gasteiger partial charge in [-0.05, 0) is 54.7 Å². The molecule has 0 aliphatic heterocycles. The summed E-state index contributed by atoms with van der Waals surface area (Å²) in [6.45, 7) is 4.55. The van der Waals surface area contributed by atoms with E-state index in [-0.39, 0.29) is 12.3 Å². The van der Waals surface area contributed by atoms with Gasteiger partial charge in [-0.25, -0.2) is 0 Å². The first-order chi connectivity index (χ1) is 14.0. The van der Waals surface area contributed by atoms with Crippen molar-refractivity contribution in [2.75, 3.05) is 7.11 Å². The number of methoxy groups -OCH3 is 1. The van der Waals surface area contributed by atoms with Crippen molar-refractivity contribution in [2.24, 2.45) is 4.99 Å². The number of aryl methyl sites for hydroxylation is 2. The van der Waals surface area contributed by atoms with Crippen LogP contribution in [-0.4, -0.2) is 17.6 Å². The Hall–Kier alpha value is -2.84. The Morgan fingerprint density at radius 2 is 2.03 bits per heavy atom. The molecule has 1 aromatic heterocycles. The fraction of sp³-hybridized carbons (Fsp3) is 0.333. The average molecular weight is 407 g/mol. The zero-order valence-electron chi connectivity index (χ0n) is 17.2. The summed E-state index contributed by atoms with van der Waals surface area (Å²) in [5, 5.41) is 0. The van der Waals surface area contributed by atoms with Gasteiger partial charge in [0.15, 0.2) is 4.80 Å². The van der Waals surface area contributed by atoms with Gasteiger partial charge in [0.25, 0.3) is 5.91 Å². The molecule has 1 heterocycles. The molecule has 0 spiro atoms. The highest BCUT2D eigenvalue weighted by atomic mass is 32.1. The number of rotatable bonds is 7. The smallest absolute Gasteiger partial charge is 0.252 e. The monoisotopic (exact) mass is 406 g/mol. The molecule has 0 atom stereocenters. The highest BCUT2D eigenvalue weighted by Crippen LogP contribution is 2.21. The van der Waals surface area contributed by atoms with Crippen LogP contribution < -0.4 is 9.54 Å². The Labute approximate surface area is 175 Å². The third kappa shape index (κ3) is 4.96. The molecule has 0 aliphatic rings. The molecule has 0 bridgehead atoms. The van der Waals surface area contributed by atoms with E-state index < -0.39 is 0 Å². The van der Waals surface area contributed by atoms with Gasteiger partial charge in [0.05, 0.1) is 30.3 Å². The molecule has 0 aliphatic carbocycles. The molecular formula is C24H26N2O2S. The molecule has 2 aromatic carbocycles. The van der Waals surface area contributed by atoms with Crippen LogP contribution in [0.25, 0.3) is 10.2 Å². The zero-order chi connectivity index (χ0) is 20.8. The van der Waals surface area contributed by atoms with Gasteiger partial charge in [-0.1, -0.05) is 48.8 Å². The summed E-state index contributed by atoms with van der Waals surface area (Å²) in [4.78, 5) is 17.7. The Morgan fingerprint density at radius 3 is 2.72 bits per heavy atom. The largest absolute Gasteiger partial charge is 0.496 e. The molecule has 0 N–H and O–H groups in total. The van der Waals surface area contributed by atoms with Crippen molar-refractivity contribution in [3.05, 3.63) is 57.9 Å². The van der Waals surface area contributed by atoms with Crippen LogP contribution in [0.3, 0.4) is 0 Å². The van der Waals surface area contributed by atoms with E-state index >= 15 is 0 Å². The van der Waals surface area contributed by atoms with Gasteiger partial charge >= 0.3 is 0 Å². The normalized spacial score (nSPS) is 11.6. The van der Waals surface area contributed by atoms with Gasteiger partial charge in [-0.3, -0.25) is 4.79 Å².